The summed E-state index contributed by atoms with van der Waals surface area (Å²) in [4.78, 5) is 26.5. The molecular weight excluding hydrogens is 414 g/mol. The summed E-state index contributed by atoms with van der Waals surface area (Å²) < 4.78 is 32.7. The molecule has 1 saturated heterocycles. The van der Waals surface area contributed by atoms with Gasteiger partial charge in [-0.1, -0.05) is 35.9 Å². The van der Waals surface area contributed by atoms with E-state index in [2.05, 4.69) is 0 Å². The van der Waals surface area contributed by atoms with Crippen LogP contribution >= 0.6 is 11.8 Å². The minimum absolute atomic E-state index is 0.0413. The van der Waals surface area contributed by atoms with E-state index in [9.17, 15) is 18.0 Å². The second-order valence-electron chi connectivity index (χ2n) is 6.45. The van der Waals surface area contributed by atoms with Gasteiger partial charge in [-0.25, -0.2) is 0 Å². The van der Waals surface area contributed by atoms with Gasteiger partial charge in [-0.15, -0.1) is 0 Å². The number of carbonyl (C=O) groups is 2. The first kappa shape index (κ1) is 20.9. The molecule has 2 aromatic carbocycles. The van der Waals surface area contributed by atoms with Gasteiger partial charge in [-0.3, -0.25) is 14.5 Å². The monoisotopic (exact) mass is 433 g/mol. The quantitative estimate of drug-likeness (QED) is 0.508. The number of methoxy groups -OCH3 is 1. The number of carbonyl (C=O) groups excluding carboxylic acids is 2. The fraction of sp³-hybridized carbons (Fsp3) is 0.200. The summed E-state index contributed by atoms with van der Waals surface area (Å²) in [5.74, 6) is -0.140. The van der Waals surface area contributed by atoms with E-state index in [-0.39, 0.29) is 34.1 Å². The topological polar surface area (TPSA) is 90.0 Å². The van der Waals surface area contributed by atoms with Crippen molar-refractivity contribution < 1.29 is 26.9 Å². The van der Waals surface area contributed by atoms with Crippen LogP contribution in [0, 0.1) is 6.92 Å². The van der Waals surface area contributed by atoms with Gasteiger partial charge in [-0.05, 0) is 48.0 Å². The first-order chi connectivity index (χ1) is 13.7. The van der Waals surface area contributed by atoms with Crippen LogP contribution in [0.3, 0.4) is 0 Å². The number of rotatable bonds is 6. The zero-order valence-electron chi connectivity index (χ0n) is 16.0. The van der Waals surface area contributed by atoms with Gasteiger partial charge in [0.05, 0.1) is 24.8 Å². The largest absolute Gasteiger partial charge is 0.493 e. The van der Waals surface area contributed by atoms with Crippen molar-refractivity contribution in [1.82, 2.24) is 4.90 Å². The highest BCUT2D eigenvalue weighted by molar-refractivity contribution is 8.18. The average Bonchev–Trinajstić information content (AvgIpc) is 2.91. The minimum Gasteiger partial charge on any atom is -0.493 e. The lowest BCUT2D eigenvalue weighted by Crippen LogP contribution is -2.27. The second-order valence-corrected chi connectivity index (χ2v) is 9.02. The molecule has 2 amide bonds. The first-order valence-electron chi connectivity index (χ1n) is 8.54. The van der Waals surface area contributed by atoms with E-state index in [4.69, 9.17) is 8.92 Å². The molecule has 0 saturated carbocycles. The number of hydrogen-bond donors (Lipinski definition) is 0. The van der Waals surface area contributed by atoms with Crippen LogP contribution in [0.2, 0.25) is 0 Å². The highest BCUT2D eigenvalue weighted by Gasteiger charge is 2.35. The molecule has 1 aliphatic rings. The summed E-state index contributed by atoms with van der Waals surface area (Å²) >= 11 is 0.857. The second kappa shape index (κ2) is 8.30. The summed E-state index contributed by atoms with van der Waals surface area (Å²) in [5, 5.41) is -0.342. The first-order valence-corrected chi connectivity index (χ1v) is 11.2. The normalized spacial score (nSPS) is 15.8. The molecule has 0 N–H and O–H groups in total. The van der Waals surface area contributed by atoms with Gasteiger partial charge < -0.3 is 8.92 Å². The molecule has 152 valence electrons. The molecule has 0 unspecified atom stereocenters. The summed E-state index contributed by atoms with van der Waals surface area (Å²) in [6.07, 6.45) is 2.50. The van der Waals surface area contributed by atoms with Gasteiger partial charge in [0.25, 0.3) is 11.1 Å². The van der Waals surface area contributed by atoms with Crippen molar-refractivity contribution >= 4 is 39.1 Å². The molecule has 0 atom stereocenters. The van der Waals surface area contributed by atoms with E-state index >= 15 is 0 Å². The zero-order valence-corrected chi connectivity index (χ0v) is 17.7. The lowest BCUT2D eigenvalue weighted by Gasteiger charge is -2.12. The number of benzene rings is 2. The number of aryl methyl sites for hydroxylation is 1. The van der Waals surface area contributed by atoms with Crippen LogP contribution in [-0.2, 0) is 21.5 Å². The summed E-state index contributed by atoms with van der Waals surface area (Å²) in [5.41, 5.74) is 2.53. The summed E-state index contributed by atoms with van der Waals surface area (Å²) in [6.45, 7) is 2.17. The van der Waals surface area contributed by atoms with Crippen LogP contribution in [0.25, 0.3) is 6.08 Å². The number of amides is 2. The van der Waals surface area contributed by atoms with Gasteiger partial charge in [0.15, 0.2) is 11.5 Å². The molecule has 3 rings (SSSR count). The van der Waals surface area contributed by atoms with Gasteiger partial charge in [-0.2, -0.15) is 8.42 Å². The summed E-state index contributed by atoms with van der Waals surface area (Å²) in [6, 6.07) is 12.2. The number of imide groups is 1. The Kier molecular flexibility index (Phi) is 5.99. The van der Waals surface area contributed by atoms with Gasteiger partial charge in [0.1, 0.15) is 0 Å². The third-order valence-corrected chi connectivity index (χ3v) is 5.45. The lowest BCUT2D eigenvalue weighted by molar-refractivity contribution is -0.123. The van der Waals surface area contributed by atoms with Gasteiger partial charge >= 0.3 is 10.1 Å². The Labute approximate surface area is 173 Å². The Morgan fingerprint density at radius 2 is 1.76 bits per heavy atom. The Morgan fingerprint density at radius 1 is 1.07 bits per heavy atom. The predicted molar refractivity (Wildman–Crippen MR) is 111 cm³/mol. The molecule has 0 bridgehead atoms. The predicted octanol–water partition coefficient (Wildman–Crippen LogP) is 3.58. The maximum Gasteiger partial charge on any atom is 0.306 e. The van der Waals surface area contributed by atoms with E-state index in [0.717, 1.165) is 29.1 Å². The van der Waals surface area contributed by atoms with E-state index in [0.29, 0.717) is 5.56 Å². The molecular formula is C20H19NO6S2. The van der Waals surface area contributed by atoms with E-state index in [1.165, 1.54) is 24.1 Å². The molecule has 1 fully saturated rings. The molecule has 1 aliphatic heterocycles. The van der Waals surface area contributed by atoms with Crippen LogP contribution < -0.4 is 8.92 Å². The Balaban J connectivity index is 1.82. The van der Waals surface area contributed by atoms with Crippen LogP contribution in [0.1, 0.15) is 16.7 Å². The summed E-state index contributed by atoms with van der Waals surface area (Å²) in [7, 11) is -2.33. The van der Waals surface area contributed by atoms with Crippen molar-refractivity contribution in [3.05, 3.63) is 64.1 Å². The number of thioether (sulfide) groups is 1. The van der Waals surface area contributed by atoms with Gasteiger partial charge in [0.2, 0.25) is 0 Å². The molecule has 0 aliphatic carbocycles. The fourth-order valence-corrected chi connectivity index (χ4v) is 3.97. The van der Waals surface area contributed by atoms with Crippen molar-refractivity contribution in [2.75, 3.05) is 13.4 Å². The standard InChI is InChI=1S/C20H19NO6S2/c1-13-4-6-14(7-5-13)12-21-19(22)18(28-20(21)23)11-15-8-9-16(17(10-15)26-2)27-29(3,24)25/h4-11H,12H2,1-3H3/b18-11-. The van der Waals surface area contributed by atoms with Crippen LogP contribution in [0.4, 0.5) is 4.79 Å². The fourth-order valence-electron chi connectivity index (χ4n) is 2.67. The Morgan fingerprint density at radius 3 is 2.38 bits per heavy atom. The number of hydrogen-bond acceptors (Lipinski definition) is 7. The maximum absolute atomic E-state index is 12.7. The lowest BCUT2D eigenvalue weighted by atomic mass is 10.1. The van der Waals surface area contributed by atoms with Gasteiger partial charge in [0, 0.05) is 0 Å². The van der Waals surface area contributed by atoms with Crippen molar-refractivity contribution in [2.24, 2.45) is 0 Å². The Bertz CT molecular complexity index is 1090. The van der Waals surface area contributed by atoms with Crippen LogP contribution in [-0.4, -0.2) is 37.8 Å². The van der Waals surface area contributed by atoms with E-state index < -0.39 is 10.1 Å². The number of ether oxygens (including phenoxy) is 1. The molecule has 2 aromatic rings. The third kappa shape index (κ3) is 5.18. The van der Waals surface area contributed by atoms with Crippen molar-refractivity contribution in [3.8, 4) is 11.5 Å². The SMILES string of the molecule is COc1cc(/C=C2\SC(=O)N(Cc3ccc(C)cc3)C2=O)ccc1OS(C)(=O)=O. The number of nitrogens with zero attached hydrogens (tertiary/aromatic N) is 1. The Hall–Kier alpha value is -2.78. The van der Waals surface area contributed by atoms with E-state index in [1.54, 1.807) is 12.1 Å². The molecule has 0 spiro atoms. The third-order valence-electron chi connectivity index (χ3n) is 4.06. The molecule has 0 radical (unpaired) electrons. The highest BCUT2D eigenvalue weighted by Crippen LogP contribution is 2.35. The average molecular weight is 434 g/mol. The molecule has 7 nitrogen and oxygen atoms in total. The highest BCUT2D eigenvalue weighted by atomic mass is 32.2. The van der Waals surface area contributed by atoms with Crippen LogP contribution in [0.15, 0.2) is 47.4 Å². The van der Waals surface area contributed by atoms with Crippen molar-refractivity contribution in [3.63, 3.8) is 0 Å². The molecule has 1 heterocycles. The van der Waals surface area contributed by atoms with Crippen molar-refractivity contribution in [1.29, 1.82) is 0 Å². The molecule has 0 aromatic heterocycles. The van der Waals surface area contributed by atoms with Crippen LogP contribution in [0.5, 0.6) is 11.5 Å². The maximum atomic E-state index is 12.7. The molecule has 9 heteroatoms. The minimum atomic E-state index is -3.71. The zero-order chi connectivity index (χ0) is 21.2. The molecule has 29 heavy (non-hydrogen) atoms. The van der Waals surface area contributed by atoms with Crippen molar-refractivity contribution in [2.45, 2.75) is 13.5 Å². The smallest absolute Gasteiger partial charge is 0.306 e. The van der Waals surface area contributed by atoms with E-state index in [1.807, 2.05) is 31.2 Å².